The predicted octanol–water partition coefficient (Wildman–Crippen LogP) is 4.71. The van der Waals surface area contributed by atoms with E-state index in [0.29, 0.717) is 5.13 Å². The molecule has 0 aliphatic carbocycles. The standard InChI is InChI=1S/C21H21ClN4OS/c22-18-9-5-4-8-17(18)14-26-12-10-15(11-13-26)19(27)23-21-25-24-20(28-21)16-6-2-1-3-7-16/h1-9,15H,10-14H2,(H,23,25,27). The molecule has 5 nitrogen and oxygen atoms in total. The van der Waals surface area contributed by atoms with Gasteiger partial charge in [-0.1, -0.05) is 71.5 Å². The van der Waals surface area contributed by atoms with Crippen LogP contribution in [0.4, 0.5) is 5.13 Å². The molecular formula is C21H21ClN4OS. The number of amides is 1. The molecule has 0 saturated carbocycles. The van der Waals surface area contributed by atoms with Crippen LogP contribution in [0, 0.1) is 5.92 Å². The summed E-state index contributed by atoms with van der Waals surface area (Å²) in [4.78, 5) is 15.0. The van der Waals surface area contributed by atoms with E-state index in [-0.39, 0.29) is 11.8 Å². The third-order valence-corrected chi connectivity index (χ3v) is 6.24. The van der Waals surface area contributed by atoms with Crippen LogP contribution in [0.3, 0.4) is 0 Å². The summed E-state index contributed by atoms with van der Waals surface area (Å²) in [6.07, 6.45) is 1.67. The van der Waals surface area contributed by atoms with E-state index >= 15 is 0 Å². The molecule has 1 amide bonds. The van der Waals surface area contributed by atoms with Gasteiger partial charge in [-0.05, 0) is 37.6 Å². The van der Waals surface area contributed by atoms with Crippen LogP contribution in [0.2, 0.25) is 5.02 Å². The van der Waals surface area contributed by atoms with Crippen molar-refractivity contribution in [3.05, 3.63) is 65.2 Å². The summed E-state index contributed by atoms with van der Waals surface area (Å²) in [6, 6.07) is 17.8. The Kier molecular flexibility index (Phi) is 6.00. The lowest BCUT2D eigenvalue weighted by molar-refractivity contribution is -0.121. The number of hydrogen-bond acceptors (Lipinski definition) is 5. The third-order valence-electron chi connectivity index (χ3n) is 4.99. The van der Waals surface area contributed by atoms with Crippen molar-refractivity contribution < 1.29 is 4.79 Å². The SMILES string of the molecule is O=C(Nc1nnc(-c2ccccc2)s1)C1CCN(Cc2ccccc2Cl)CC1. The predicted molar refractivity (Wildman–Crippen MR) is 113 cm³/mol. The summed E-state index contributed by atoms with van der Waals surface area (Å²) in [5.41, 5.74) is 2.14. The van der Waals surface area contributed by atoms with Gasteiger partial charge in [0.25, 0.3) is 0 Å². The van der Waals surface area contributed by atoms with E-state index in [9.17, 15) is 4.79 Å². The Balaban J connectivity index is 1.30. The maximum atomic E-state index is 12.6. The van der Waals surface area contributed by atoms with E-state index < -0.39 is 0 Å². The molecule has 2 heterocycles. The number of carbonyl (C=O) groups excluding carboxylic acids is 1. The molecule has 144 valence electrons. The number of aromatic nitrogens is 2. The number of piperidine rings is 1. The van der Waals surface area contributed by atoms with Gasteiger partial charge in [-0.2, -0.15) is 0 Å². The molecule has 1 aliphatic rings. The Hall–Kier alpha value is -2.28. The molecule has 1 N–H and O–H groups in total. The fraction of sp³-hybridized carbons (Fsp3) is 0.286. The Bertz CT molecular complexity index is 938. The van der Waals surface area contributed by atoms with E-state index in [4.69, 9.17) is 11.6 Å². The number of halogens is 1. The van der Waals surface area contributed by atoms with Gasteiger partial charge < -0.3 is 5.32 Å². The van der Waals surface area contributed by atoms with Gasteiger partial charge in [-0.25, -0.2) is 0 Å². The minimum Gasteiger partial charge on any atom is -0.300 e. The molecule has 2 aromatic carbocycles. The highest BCUT2D eigenvalue weighted by atomic mass is 35.5. The number of nitrogens with zero attached hydrogens (tertiary/aromatic N) is 3. The Morgan fingerprint density at radius 1 is 1.07 bits per heavy atom. The third kappa shape index (κ3) is 4.58. The van der Waals surface area contributed by atoms with Crippen molar-refractivity contribution >= 4 is 34.0 Å². The fourth-order valence-corrected chi connectivity index (χ4v) is 4.35. The van der Waals surface area contributed by atoms with Crippen LogP contribution < -0.4 is 5.32 Å². The zero-order valence-electron chi connectivity index (χ0n) is 15.3. The second-order valence-corrected chi connectivity index (χ2v) is 8.29. The second kappa shape index (κ2) is 8.82. The monoisotopic (exact) mass is 412 g/mol. The first-order chi connectivity index (χ1) is 13.7. The van der Waals surface area contributed by atoms with Crippen LogP contribution in [-0.2, 0) is 11.3 Å². The molecule has 0 spiro atoms. The van der Waals surface area contributed by atoms with Crippen molar-refractivity contribution in [2.24, 2.45) is 5.92 Å². The van der Waals surface area contributed by atoms with Crippen molar-refractivity contribution in [3.63, 3.8) is 0 Å². The highest BCUT2D eigenvalue weighted by Gasteiger charge is 2.26. The molecule has 3 aromatic rings. The zero-order chi connectivity index (χ0) is 19.3. The first-order valence-corrected chi connectivity index (χ1v) is 10.5. The maximum Gasteiger partial charge on any atom is 0.229 e. The number of hydrogen-bond donors (Lipinski definition) is 1. The molecule has 0 radical (unpaired) electrons. The molecule has 0 bridgehead atoms. The number of carbonyl (C=O) groups is 1. The maximum absolute atomic E-state index is 12.6. The van der Waals surface area contributed by atoms with Gasteiger partial charge in [0.2, 0.25) is 11.0 Å². The number of nitrogens with one attached hydrogen (secondary N) is 1. The summed E-state index contributed by atoms with van der Waals surface area (Å²) >= 11 is 7.66. The lowest BCUT2D eigenvalue weighted by Gasteiger charge is -2.31. The average Bonchev–Trinajstić information content (AvgIpc) is 3.19. The molecule has 0 unspecified atom stereocenters. The number of benzene rings is 2. The molecule has 7 heteroatoms. The van der Waals surface area contributed by atoms with Gasteiger partial charge in [0.05, 0.1) is 0 Å². The normalized spacial score (nSPS) is 15.5. The smallest absolute Gasteiger partial charge is 0.229 e. The molecule has 1 fully saturated rings. The molecular weight excluding hydrogens is 392 g/mol. The number of rotatable bonds is 5. The van der Waals surface area contributed by atoms with Crippen LogP contribution in [0.5, 0.6) is 0 Å². The molecule has 28 heavy (non-hydrogen) atoms. The van der Waals surface area contributed by atoms with Gasteiger partial charge >= 0.3 is 0 Å². The second-order valence-electron chi connectivity index (χ2n) is 6.91. The van der Waals surface area contributed by atoms with E-state index in [2.05, 4.69) is 26.5 Å². The fourth-order valence-electron chi connectivity index (χ4n) is 3.40. The first-order valence-electron chi connectivity index (χ1n) is 9.34. The van der Waals surface area contributed by atoms with E-state index in [1.165, 1.54) is 11.3 Å². The average molecular weight is 413 g/mol. The summed E-state index contributed by atoms with van der Waals surface area (Å²) < 4.78 is 0. The van der Waals surface area contributed by atoms with Gasteiger partial charge in [-0.15, -0.1) is 10.2 Å². The largest absolute Gasteiger partial charge is 0.300 e. The van der Waals surface area contributed by atoms with Gasteiger partial charge in [0.1, 0.15) is 5.01 Å². The summed E-state index contributed by atoms with van der Waals surface area (Å²) in [7, 11) is 0. The van der Waals surface area contributed by atoms with Gasteiger partial charge in [0.15, 0.2) is 0 Å². The van der Waals surface area contributed by atoms with Gasteiger partial charge in [0, 0.05) is 23.0 Å². The van der Waals surface area contributed by atoms with Crippen molar-refractivity contribution in [3.8, 4) is 10.6 Å². The van der Waals surface area contributed by atoms with E-state index in [1.54, 1.807) is 0 Å². The lowest BCUT2D eigenvalue weighted by atomic mass is 9.95. The Morgan fingerprint density at radius 3 is 2.54 bits per heavy atom. The summed E-state index contributed by atoms with van der Waals surface area (Å²) in [5, 5.41) is 13.4. The zero-order valence-corrected chi connectivity index (χ0v) is 16.9. The minimum absolute atomic E-state index is 0.00608. The molecule has 1 aliphatic heterocycles. The molecule has 0 atom stereocenters. The van der Waals surface area contributed by atoms with Crippen molar-refractivity contribution in [2.75, 3.05) is 18.4 Å². The number of anilines is 1. The van der Waals surface area contributed by atoms with Crippen LogP contribution in [0.25, 0.3) is 10.6 Å². The van der Waals surface area contributed by atoms with Crippen LogP contribution in [0.1, 0.15) is 18.4 Å². The van der Waals surface area contributed by atoms with Crippen molar-refractivity contribution in [2.45, 2.75) is 19.4 Å². The molecule has 1 saturated heterocycles. The molecule has 1 aromatic heterocycles. The van der Waals surface area contributed by atoms with Crippen LogP contribution in [0.15, 0.2) is 54.6 Å². The van der Waals surface area contributed by atoms with E-state index in [1.807, 2.05) is 48.5 Å². The summed E-state index contributed by atoms with van der Waals surface area (Å²) in [5.74, 6) is 0.0414. The highest BCUT2D eigenvalue weighted by Crippen LogP contribution is 2.27. The van der Waals surface area contributed by atoms with Crippen molar-refractivity contribution in [1.29, 1.82) is 0 Å². The van der Waals surface area contributed by atoms with Crippen LogP contribution >= 0.6 is 22.9 Å². The highest BCUT2D eigenvalue weighted by molar-refractivity contribution is 7.18. The lowest BCUT2D eigenvalue weighted by Crippen LogP contribution is -2.37. The number of likely N-dealkylation sites (tertiary alicyclic amines) is 1. The van der Waals surface area contributed by atoms with Crippen LogP contribution in [-0.4, -0.2) is 34.1 Å². The Labute approximate surface area is 173 Å². The van der Waals surface area contributed by atoms with E-state index in [0.717, 1.165) is 53.6 Å². The van der Waals surface area contributed by atoms with Gasteiger partial charge in [-0.3, -0.25) is 9.69 Å². The first kappa shape index (κ1) is 19.1. The molecule has 4 rings (SSSR count). The quantitative estimate of drug-likeness (QED) is 0.659. The van der Waals surface area contributed by atoms with Crippen molar-refractivity contribution in [1.82, 2.24) is 15.1 Å². The minimum atomic E-state index is 0.00608. The topological polar surface area (TPSA) is 58.1 Å². The summed E-state index contributed by atoms with van der Waals surface area (Å²) in [6.45, 7) is 2.59. The Morgan fingerprint density at radius 2 is 1.79 bits per heavy atom.